The van der Waals surface area contributed by atoms with Crippen LogP contribution in [0.5, 0.6) is 5.75 Å². The number of para-hydroxylation sites is 1. The summed E-state index contributed by atoms with van der Waals surface area (Å²) in [6.07, 6.45) is 1.18. The van der Waals surface area contributed by atoms with Gasteiger partial charge in [-0.25, -0.2) is 0 Å². The van der Waals surface area contributed by atoms with Crippen molar-refractivity contribution in [1.82, 2.24) is 10.2 Å². The van der Waals surface area contributed by atoms with Crippen LogP contribution in [0.3, 0.4) is 0 Å². The maximum Gasteiger partial charge on any atom is 0.261 e. The van der Waals surface area contributed by atoms with E-state index in [1.54, 1.807) is 29.2 Å². The van der Waals surface area contributed by atoms with Crippen LogP contribution in [0.4, 0.5) is 0 Å². The van der Waals surface area contributed by atoms with Gasteiger partial charge in [-0.1, -0.05) is 74.8 Å². The lowest BCUT2D eigenvalue weighted by atomic mass is 10.1. The van der Waals surface area contributed by atoms with Crippen molar-refractivity contribution in [3.63, 3.8) is 0 Å². The Morgan fingerprint density at radius 1 is 1.07 bits per heavy atom. The zero-order valence-electron chi connectivity index (χ0n) is 17.9. The van der Waals surface area contributed by atoms with Crippen molar-refractivity contribution in [2.75, 3.05) is 19.7 Å². The predicted molar refractivity (Wildman–Crippen MR) is 121 cm³/mol. The van der Waals surface area contributed by atoms with Crippen LogP contribution in [-0.4, -0.2) is 42.5 Å². The zero-order chi connectivity index (χ0) is 21.9. The van der Waals surface area contributed by atoms with E-state index in [0.717, 1.165) is 5.56 Å². The molecule has 0 radical (unpaired) electrons. The molecule has 5 nitrogen and oxygen atoms in total. The van der Waals surface area contributed by atoms with E-state index in [-0.39, 0.29) is 18.4 Å². The van der Waals surface area contributed by atoms with Crippen molar-refractivity contribution in [2.24, 2.45) is 5.92 Å². The van der Waals surface area contributed by atoms with Gasteiger partial charge in [-0.2, -0.15) is 0 Å². The third-order valence-electron chi connectivity index (χ3n) is 4.74. The van der Waals surface area contributed by atoms with Crippen LogP contribution in [0, 0.1) is 5.92 Å². The summed E-state index contributed by atoms with van der Waals surface area (Å²) in [5.74, 6) is 0.416. The highest BCUT2D eigenvalue weighted by Gasteiger charge is 2.28. The molecule has 0 aliphatic rings. The summed E-state index contributed by atoms with van der Waals surface area (Å²) >= 11 is 6.13. The third kappa shape index (κ3) is 7.38. The molecular weight excluding hydrogens is 400 g/mol. The van der Waals surface area contributed by atoms with Gasteiger partial charge in [0.15, 0.2) is 6.61 Å². The van der Waals surface area contributed by atoms with Gasteiger partial charge in [0, 0.05) is 13.1 Å². The maximum atomic E-state index is 13.1. The lowest BCUT2D eigenvalue weighted by Crippen LogP contribution is -2.51. The van der Waals surface area contributed by atoms with Gasteiger partial charge in [-0.15, -0.1) is 0 Å². The maximum absolute atomic E-state index is 13.1. The number of carbonyl (C=O) groups excluding carboxylic acids is 2. The molecule has 0 aromatic heterocycles. The topological polar surface area (TPSA) is 58.6 Å². The molecule has 30 heavy (non-hydrogen) atoms. The van der Waals surface area contributed by atoms with E-state index >= 15 is 0 Å². The quantitative estimate of drug-likeness (QED) is 0.576. The standard InChI is InChI=1S/C24H31ClN2O3/c1-4-21(24(29)26-16-18(2)3)27(15-14-19-10-6-5-7-11-19)23(28)17-30-22-13-9-8-12-20(22)25/h5-13,18,21H,4,14-17H2,1-3H3,(H,26,29)/t21-/m1/s1. The number of carbonyl (C=O) groups is 2. The predicted octanol–water partition coefficient (Wildman–Crippen LogP) is 4.34. The molecule has 0 aliphatic heterocycles. The Morgan fingerprint density at radius 3 is 2.37 bits per heavy atom. The monoisotopic (exact) mass is 430 g/mol. The van der Waals surface area contributed by atoms with Crippen LogP contribution in [0.25, 0.3) is 0 Å². The number of nitrogens with one attached hydrogen (secondary N) is 1. The van der Waals surface area contributed by atoms with Crippen molar-refractivity contribution >= 4 is 23.4 Å². The number of halogens is 1. The fourth-order valence-electron chi connectivity index (χ4n) is 3.10. The first kappa shape index (κ1) is 23.7. The Hall–Kier alpha value is -2.53. The minimum Gasteiger partial charge on any atom is -0.482 e. The van der Waals surface area contributed by atoms with Gasteiger partial charge < -0.3 is 15.0 Å². The van der Waals surface area contributed by atoms with Crippen LogP contribution in [0.2, 0.25) is 5.02 Å². The minimum atomic E-state index is -0.546. The summed E-state index contributed by atoms with van der Waals surface area (Å²) in [7, 11) is 0. The average molecular weight is 431 g/mol. The Labute approximate surface area is 184 Å². The highest BCUT2D eigenvalue weighted by Crippen LogP contribution is 2.23. The third-order valence-corrected chi connectivity index (χ3v) is 5.05. The van der Waals surface area contributed by atoms with Crippen LogP contribution in [-0.2, 0) is 16.0 Å². The van der Waals surface area contributed by atoms with Crippen molar-refractivity contribution in [3.8, 4) is 5.75 Å². The fourth-order valence-corrected chi connectivity index (χ4v) is 3.29. The highest BCUT2D eigenvalue weighted by atomic mass is 35.5. The molecule has 2 rings (SSSR count). The molecule has 0 saturated heterocycles. The lowest BCUT2D eigenvalue weighted by molar-refractivity contribution is -0.142. The molecule has 1 N–H and O–H groups in total. The molecule has 0 heterocycles. The van der Waals surface area contributed by atoms with Gasteiger partial charge in [-0.3, -0.25) is 9.59 Å². The average Bonchev–Trinajstić information content (AvgIpc) is 2.75. The summed E-state index contributed by atoms with van der Waals surface area (Å²) in [6, 6.07) is 16.4. The number of benzene rings is 2. The summed E-state index contributed by atoms with van der Waals surface area (Å²) in [6.45, 7) is 6.83. The second-order valence-electron chi connectivity index (χ2n) is 7.60. The summed E-state index contributed by atoms with van der Waals surface area (Å²) in [4.78, 5) is 27.5. The summed E-state index contributed by atoms with van der Waals surface area (Å²) < 4.78 is 5.65. The molecule has 0 fully saturated rings. The van der Waals surface area contributed by atoms with Crippen molar-refractivity contribution in [1.29, 1.82) is 0 Å². The van der Waals surface area contributed by atoms with E-state index in [0.29, 0.717) is 42.6 Å². The minimum absolute atomic E-state index is 0.134. The Kier molecular flexibility index (Phi) is 9.68. The smallest absolute Gasteiger partial charge is 0.261 e. The van der Waals surface area contributed by atoms with Crippen LogP contribution >= 0.6 is 11.6 Å². The van der Waals surface area contributed by atoms with Gasteiger partial charge in [-0.05, 0) is 36.5 Å². The Balaban J connectivity index is 2.12. The molecule has 0 unspecified atom stereocenters. The van der Waals surface area contributed by atoms with Crippen molar-refractivity contribution in [2.45, 2.75) is 39.7 Å². The Morgan fingerprint density at radius 2 is 1.73 bits per heavy atom. The van der Waals surface area contributed by atoms with Gasteiger partial charge in [0.1, 0.15) is 11.8 Å². The highest BCUT2D eigenvalue weighted by molar-refractivity contribution is 6.32. The summed E-state index contributed by atoms with van der Waals surface area (Å²) in [5.41, 5.74) is 1.11. The first-order chi connectivity index (χ1) is 14.4. The molecule has 2 aromatic rings. The van der Waals surface area contributed by atoms with E-state index in [4.69, 9.17) is 16.3 Å². The molecule has 0 spiro atoms. The van der Waals surface area contributed by atoms with Gasteiger partial charge in [0.2, 0.25) is 5.91 Å². The van der Waals surface area contributed by atoms with Gasteiger partial charge >= 0.3 is 0 Å². The van der Waals surface area contributed by atoms with Gasteiger partial charge in [0.05, 0.1) is 5.02 Å². The molecule has 162 valence electrons. The van der Waals surface area contributed by atoms with Crippen molar-refractivity contribution in [3.05, 3.63) is 65.2 Å². The van der Waals surface area contributed by atoms with Crippen LogP contribution in [0.15, 0.2) is 54.6 Å². The number of nitrogens with zero attached hydrogens (tertiary/aromatic N) is 1. The van der Waals surface area contributed by atoms with Crippen LogP contribution < -0.4 is 10.1 Å². The number of hydrogen-bond acceptors (Lipinski definition) is 3. The number of ether oxygens (including phenoxy) is 1. The second-order valence-corrected chi connectivity index (χ2v) is 8.01. The van der Waals surface area contributed by atoms with Gasteiger partial charge in [0.25, 0.3) is 5.91 Å². The van der Waals surface area contributed by atoms with E-state index in [2.05, 4.69) is 5.32 Å². The molecule has 1 atom stereocenters. The Bertz CT molecular complexity index is 811. The van der Waals surface area contributed by atoms with Crippen LogP contribution in [0.1, 0.15) is 32.8 Å². The van der Waals surface area contributed by atoms with E-state index in [1.807, 2.05) is 51.1 Å². The molecule has 6 heteroatoms. The molecule has 2 aromatic carbocycles. The number of rotatable bonds is 11. The zero-order valence-corrected chi connectivity index (χ0v) is 18.7. The fraction of sp³-hybridized carbons (Fsp3) is 0.417. The summed E-state index contributed by atoms with van der Waals surface area (Å²) in [5, 5.41) is 3.40. The number of hydrogen-bond donors (Lipinski definition) is 1. The van der Waals surface area contributed by atoms with E-state index < -0.39 is 6.04 Å². The largest absolute Gasteiger partial charge is 0.482 e. The normalized spacial score (nSPS) is 11.8. The lowest BCUT2D eigenvalue weighted by Gasteiger charge is -2.30. The molecular formula is C24H31ClN2O3. The van der Waals surface area contributed by atoms with E-state index in [1.165, 1.54) is 0 Å². The molecule has 2 amide bonds. The first-order valence-corrected chi connectivity index (χ1v) is 10.8. The van der Waals surface area contributed by atoms with Crippen molar-refractivity contribution < 1.29 is 14.3 Å². The number of amides is 2. The molecule has 0 aliphatic carbocycles. The second kappa shape index (κ2) is 12.2. The molecule has 0 saturated carbocycles. The molecule has 0 bridgehead atoms. The SMILES string of the molecule is CC[C@H](C(=O)NCC(C)C)N(CCc1ccccc1)C(=O)COc1ccccc1Cl. The van der Waals surface area contributed by atoms with E-state index in [9.17, 15) is 9.59 Å². The first-order valence-electron chi connectivity index (χ1n) is 10.4.